The van der Waals surface area contributed by atoms with Crippen molar-refractivity contribution >= 4 is 19.4 Å². The summed E-state index contributed by atoms with van der Waals surface area (Å²) in [5, 5.41) is 0.571. The van der Waals surface area contributed by atoms with Gasteiger partial charge in [-0.1, -0.05) is 11.6 Å². The number of halogens is 1. The molecule has 6 heteroatoms. The van der Waals surface area contributed by atoms with E-state index in [4.69, 9.17) is 16.1 Å². The summed E-state index contributed by atoms with van der Waals surface area (Å²) in [6, 6.07) is 6.39. The van der Waals surface area contributed by atoms with Crippen molar-refractivity contribution in [2.45, 2.75) is 0 Å². The Morgan fingerprint density at radius 3 is 2.07 bits per heavy atom. The van der Waals surface area contributed by atoms with Gasteiger partial charge in [-0.15, -0.1) is 0 Å². The van der Waals surface area contributed by atoms with Gasteiger partial charge in [0.1, 0.15) is 5.75 Å². The van der Waals surface area contributed by atoms with Crippen LogP contribution in [0, 0.1) is 0 Å². The highest BCUT2D eigenvalue weighted by Gasteiger charge is 2.24. The van der Waals surface area contributed by atoms with Crippen LogP contribution >= 0.6 is 19.4 Å². The van der Waals surface area contributed by atoms with Crippen molar-refractivity contribution in [1.82, 2.24) is 0 Å². The van der Waals surface area contributed by atoms with Crippen LogP contribution in [0.4, 0.5) is 0 Å². The molecule has 0 spiro atoms. The summed E-state index contributed by atoms with van der Waals surface area (Å²) in [5.41, 5.74) is 0. The van der Waals surface area contributed by atoms with E-state index in [0.717, 1.165) is 0 Å². The second kappa shape index (κ2) is 4.80. The third-order valence-corrected chi connectivity index (χ3v) is 3.06. The summed E-state index contributed by atoms with van der Waals surface area (Å²) in [6.45, 7) is 0. The van der Waals surface area contributed by atoms with Crippen molar-refractivity contribution in [2.24, 2.45) is 0 Å². The predicted octanol–water partition coefficient (Wildman–Crippen LogP) is 3.12. The molecule has 14 heavy (non-hydrogen) atoms. The average Bonchev–Trinajstić information content (AvgIpc) is 2.21. The molecular formula is C8H10ClO4P. The number of hydrogen-bond donors (Lipinski definition) is 0. The third kappa shape index (κ3) is 3.00. The molecular weight excluding hydrogens is 227 g/mol. The first-order valence-corrected chi connectivity index (χ1v) is 5.60. The summed E-state index contributed by atoms with van der Waals surface area (Å²) >= 11 is 5.66. The van der Waals surface area contributed by atoms with E-state index in [2.05, 4.69) is 9.05 Å². The van der Waals surface area contributed by atoms with E-state index in [1.807, 2.05) is 0 Å². The Kier molecular flexibility index (Phi) is 3.96. The Hall–Kier alpha value is -0.540. The first-order chi connectivity index (χ1) is 6.59. The number of benzene rings is 1. The van der Waals surface area contributed by atoms with Crippen LogP contribution in [0.1, 0.15) is 0 Å². The molecule has 1 aromatic rings. The van der Waals surface area contributed by atoms with Crippen LogP contribution in [0.5, 0.6) is 5.75 Å². The van der Waals surface area contributed by atoms with Crippen molar-refractivity contribution in [3.8, 4) is 5.75 Å². The number of phosphoric acid groups is 1. The largest absolute Gasteiger partial charge is 0.529 e. The molecule has 0 radical (unpaired) electrons. The van der Waals surface area contributed by atoms with E-state index in [0.29, 0.717) is 10.8 Å². The third-order valence-electron chi connectivity index (χ3n) is 1.48. The van der Waals surface area contributed by atoms with Crippen LogP contribution in [-0.2, 0) is 13.6 Å². The molecule has 0 atom stereocenters. The Bertz CT molecular complexity index is 330. The summed E-state index contributed by atoms with van der Waals surface area (Å²) < 4.78 is 25.7. The Morgan fingerprint density at radius 2 is 1.64 bits per heavy atom. The SMILES string of the molecule is COP(=O)(OC)Oc1ccc(Cl)cc1. The summed E-state index contributed by atoms with van der Waals surface area (Å²) in [4.78, 5) is 0. The zero-order valence-corrected chi connectivity index (χ0v) is 9.42. The fourth-order valence-electron chi connectivity index (χ4n) is 0.774. The van der Waals surface area contributed by atoms with Gasteiger partial charge in [-0.25, -0.2) is 4.57 Å². The lowest BCUT2D eigenvalue weighted by Crippen LogP contribution is -1.96. The van der Waals surface area contributed by atoms with Crippen LogP contribution in [0.3, 0.4) is 0 Å². The van der Waals surface area contributed by atoms with E-state index in [1.54, 1.807) is 24.3 Å². The van der Waals surface area contributed by atoms with Crippen LogP contribution in [0.25, 0.3) is 0 Å². The Labute approximate surface area is 87.4 Å². The minimum atomic E-state index is -3.46. The van der Waals surface area contributed by atoms with E-state index in [-0.39, 0.29) is 0 Å². The monoisotopic (exact) mass is 236 g/mol. The molecule has 0 aliphatic carbocycles. The highest BCUT2D eigenvalue weighted by atomic mass is 35.5. The zero-order chi connectivity index (χ0) is 10.6. The molecule has 0 bridgehead atoms. The lowest BCUT2D eigenvalue weighted by molar-refractivity contribution is 0.211. The Balaban J connectivity index is 2.78. The first kappa shape index (κ1) is 11.5. The minimum absolute atomic E-state index is 0.376. The van der Waals surface area contributed by atoms with Crippen LogP contribution < -0.4 is 4.52 Å². The summed E-state index contributed by atoms with van der Waals surface area (Å²) in [5.74, 6) is 0.376. The number of phosphoric ester groups is 1. The maximum Gasteiger partial charge on any atom is 0.529 e. The molecule has 1 rings (SSSR count). The fraction of sp³-hybridized carbons (Fsp3) is 0.250. The van der Waals surface area contributed by atoms with Gasteiger partial charge in [-0.05, 0) is 24.3 Å². The van der Waals surface area contributed by atoms with Crippen LogP contribution in [0.2, 0.25) is 5.02 Å². The molecule has 4 nitrogen and oxygen atoms in total. The zero-order valence-electron chi connectivity index (χ0n) is 7.77. The maximum atomic E-state index is 11.5. The van der Waals surface area contributed by atoms with Crippen LogP contribution in [0.15, 0.2) is 24.3 Å². The van der Waals surface area contributed by atoms with E-state index in [9.17, 15) is 4.57 Å². The lowest BCUT2D eigenvalue weighted by atomic mass is 10.3. The Morgan fingerprint density at radius 1 is 1.14 bits per heavy atom. The van der Waals surface area contributed by atoms with Crippen molar-refractivity contribution in [2.75, 3.05) is 14.2 Å². The minimum Gasteiger partial charge on any atom is -0.404 e. The lowest BCUT2D eigenvalue weighted by Gasteiger charge is -2.13. The second-order valence-corrected chi connectivity index (χ2v) is 4.60. The second-order valence-electron chi connectivity index (χ2n) is 2.36. The maximum absolute atomic E-state index is 11.5. The van der Waals surface area contributed by atoms with Gasteiger partial charge in [-0.2, -0.15) is 0 Å². The van der Waals surface area contributed by atoms with Crippen molar-refractivity contribution in [1.29, 1.82) is 0 Å². The van der Waals surface area contributed by atoms with Crippen molar-refractivity contribution < 1.29 is 18.1 Å². The van der Waals surface area contributed by atoms with E-state index >= 15 is 0 Å². The smallest absolute Gasteiger partial charge is 0.404 e. The molecule has 0 saturated heterocycles. The van der Waals surface area contributed by atoms with Gasteiger partial charge in [0, 0.05) is 19.2 Å². The molecule has 0 aliphatic rings. The molecule has 0 amide bonds. The summed E-state index contributed by atoms with van der Waals surface area (Å²) in [7, 11) is -0.961. The molecule has 1 aromatic carbocycles. The van der Waals surface area contributed by atoms with Gasteiger partial charge in [-0.3, -0.25) is 9.05 Å². The highest BCUT2D eigenvalue weighted by molar-refractivity contribution is 7.48. The molecule has 0 heterocycles. The molecule has 0 N–H and O–H groups in total. The topological polar surface area (TPSA) is 44.8 Å². The van der Waals surface area contributed by atoms with Gasteiger partial charge in [0.2, 0.25) is 0 Å². The van der Waals surface area contributed by atoms with Gasteiger partial charge in [0.05, 0.1) is 0 Å². The van der Waals surface area contributed by atoms with Gasteiger partial charge in [0.15, 0.2) is 0 Å². The molecule has 0 unspecified atom stereocenters. The molecule has 78 valence electrons. The van der Waals surface area contributed by atoms with Crippen molar-refractivity contribution in [3.63, 3.8) is 0 Å². The normalized spacial score (nSPS) is 11.4. The van der Waals surface area contributed by atoms with Gasteiger partial charge in [0.25, 0.3) is 0 Å². The number of rotatable bonds is 4. The fourth-order valence-corrected chi connectivity index (χ4v) is 1.58. The van der Waals surface area contributed by atoms with Gasteiger partial charge >= 0.3 is 7.82 Å². The standard InChI is InChI=1S/C8H10ClO4P/c1-11-14(10,12-2)13-8-5-3-7(9)4-6-8/h3-6H,1-2H3. The quantitative estimate of drug-likeness (QED) is 0.754. The molecule has 0 saturated carbocycles. The summed E-state index contributed by atoms with van der Waals surface area (Å²) in [6.07, 6.45) is 0. The van der Waals surface area contributed by atoms with Crippen molar-refractivity contribution in [3.05, 3.63) is 29.3 Å². The molecule has 0 aliphatic heterocycles. The van der Waals surface area contributed by atoms with Crippen LogP contribution in [-0.4, -0.2) is 14.2 Å². The molecule has 0 fully saturated rings. The highest BCUT2D eigenvalue weighted by Crippen LogP contribution is 2.47. The first-order valence-electron chi connectivity index (χ1n) is 3.76. The van der Waals surface area contributed by atoms with Gasteiger partial charge < -0.3 is 4.52 Å². The average molecular weight is 237 g/mol. The number of hydrogen-bond acceptors (Lipinski definition) is 4. The predicted molar refractivity (Wildman–Crippen MR) is 53.7 cm³/mol. The van der Waals surface area contributed by atoms with E-state index in [1.165, 1.54) is 14.2 Å². The van der Waals surface area contributed by atoms with E-state index < -0.39 is 7.82 Å². The molecule has 0 aromatic heterocycles.